The number of aromatic nitrogens is 2. The summed E-state index contributed by atoms with van der Waals surface area (Å²) in [6, 6.07) is 26.9. The summed E-state index contributed by atoms with van der Waals surface area (Å²) in [4.78, 5) is 33.0. The monoisotopic (exact) mass is 518 g/mol. The van der Waals surface area contributed by atoms with Crippen LogP contribution in [-0.2, 0) is 11.3 Å². The molecule has 0 radical (unpaired) electrons. The Bertz CT molecular complexity index is 1570. The fraction of sp³-hybridized carbons (Fsp3) is 0.156. The van der Waals surface area contributed by atoms with Gasteiger partial charge in [0.25, 0.3) is 5.91 Å². The van der Waals surface area contributed by atoms with Crippen LogP contribution in [0.3, 0.4) is 0 Å². The number of carbonyl (C=O) groups is 2. The molecule has 0 atom stereocenters. The number of hydrogen-bond acceptors (Lipinski definition) is 4. The SMILES string of the molecule is Cc1ccc(C(=O)N(CC(=O)Nc2nc(-c3ccc(C)cc3)cn2-c2ccc(C)cc2)Cc2ccco2)cc1. The van der Waals surface area contributed by atoms with Crippen LogP contribution in [0.2, 0.25) is 0 Å². The van der Waals surface area contributed by atoms with Gasteiger partial charge in [-0.05, 0) is 57.2 Å². The van der Waals surface area contributed by atoms with E-state index in [1.165, 1.54) is 4.90 Å². The number of aryl methyl sites for hydroxylation is 3. The van der Waals surface area contributed by atoms with Crippen molar-refractivity contribution >= 4 is 17.8 Å². The molecule has 0 aliphatic rings. The molecule has 39 heavy (non-hydrogen) atoms. The minimum Gasteiger partial charge on any atom is -0.467 e. The van der Waals surface area contributed by atoms with Crippen LogP contribution in [0.25, 0.3) is 16.9 Å². The van der Waals surface area contributed by atoms with Gasteiger partial charge in [0.05, 0.1) is 18.5 Å². The van der Waals surface area contributed by atoms with Gasteiger partial charge in [0, 0.05) is 23.0 Å². The van der Waals surface area contributed by atoms with E-state index in [1.54, 1.807) is 30.5 Å². The van der Waals surface area contributed by atoms with Gasteiger partial charge in [0.1, 0.15) is 12.3 Å². The molecule has 3 aromatic carbocycles. The lowest BCUT2D eigenvalue weighted by atomic mass is 10.1. The summed E-state index contributed by atoms with van der Waals surface area (Å²) in [5, 5.41) is 2.94. The highest BCUT2D eigenvalue weighted by Crippen LogP contribution is 2.25. The van der Waals surface area contributed by atoms with Crippen LogP contribution in [0, 0.1) is 20.8 Å². The average Bonchev–Trinajstić information content (AvgIpc) is 3.59. The number of carbonyl (C=O) groups excluding carboxylic acids is 2. The van der Waals surface area contributed by atoms with E-state index in [0.717, 1.165) is 33.6 Å². The molecule has 0 bridgehead atoms. The maximum Gasteiger partial charge on any atom is 0.254 e. The molecule has 0 saturated heterocycles. The molecule has 2 amide bonds. The lowest BCUT2D eigenvalue weighted by molar-refractivity contribution is -0.117. The van der Waals surface area contributed by atoms with Crippen molar-refractivity contribution in [1.29, 1.82) is 0 Å². The topological polar surface area (TPSA) is 80.4 Å². The van der Waals surface area contributed by atoms with Crippen LogP contribution in [0.5, 0.6) is 0 Å². The lowest BCUT2D eigenvalue weighted by Gasteiger charge is -2.21. The van der Waals surface area contributed by atoms with Crippen LogP contribution in [0.1, 0.15) is 32.8 Å². The van der Waals surface area contributed by atoms with Gasteiger partial charge in [-0.15, -0.1) is 0 Å². The fourth-order valence-corrected chi connectivity index (χ4v) is 4.24. The quantitative estimate of drug-likeness (QED) is 0.260. The van der Waals surface area contributed by atoms with Crippen molar-refractivity contribution in [1.82, 2.24) is 14.5 Å². The van der Waals surface area contributed by atoms with E-state index in [2.05, 4.69) is 5.32 Å². The zero-order valence-electron chi connectivity index (χ0n) is 22.2. The smallest absolute Gasteiger partial charge is 0.254 e. The molecule has 2 heterocycles. The zero-order valence-corrected chi connectivity index (χ0v) is 22.2. The molecule has 0 fully saturated rings. The summed E-state index contributed by atoms with van der Waals surface area (Å²) >= 11 is 0. The third-order valence-corrected chi connectivity index (χ3v) is 6.46. The fourth-order valence-electron chi connectivity index (χ4n) is 4.24. The van der Waals surface area contributed by atoms with Crippen LogP contribution >= 0.6 is 0 Å². The summed E-state index contributed by atoms with van der Waals surface area (Å²) in [7, 11) is 0. The van der Waals surface area contributed by atoms with E-state index in [0.29, 0.717) is 17.3 Å². The number of furan rings is 1. The van der Waals surface area contributed by atoms with Gasteiger partial charge in [0.2, 0.25) is 11.9 Å². The Balaban J connectivity index is 1.43. The summed E-state index contributed by atoms with van der Waals surface area (Å²) < 4.78 is 7.33. The van der Waals surface area contributed by atoms with Gasteiger partial charge in [0.15, 0.2) is 0 Å². The first-order valence-corrected chi connectivity index (χ1v) is 12.8. The second-order valence-electron chi connectivity index (χ2n) is 9.68. The number of amides is 2. The normalized spacial score (nSPS) is 10.8. The molecule has 2 aromatic heterocycles. The number of imidazole rings is 1. The first-order chi connectivity index (χ1) is 18.9. The van der Waals surface area contributed by atoms with E-state index in [4.69, 9.17) is 9.40 Å². The molecule has 0 spiro atoms. The van der Waals surface area contributed by atoms with Crippen molar-refractivity contribution in [2.45, 2.75) is 27.3 Å². The van der Waals surface area contributed by atoms with Crippen LogP contribution in [0.4, 0.5) is 5.95 Å². The Morgan fingerprint density at radius 2 is 1.46 bits per heavy atom. The molecule has 1 N–H and O–H groups in total. The Kier molecular flexibility index (Phi) is 7.41. The lowest BCUT2D eigenvalue weighted by Crippen LogP contribution is -2.37. The van der Waals surface area contributed by atoms with Crippen molar-refractivity contribution in [3.05, 3.63) is 125 Å². The van der Waals surface area contributed by atoms with Gasteiger partial charge >= 0.3 is 0 Å². The number of rotatable bonds is 8. The zero-order chi connectivity index (χ0) is 27.4. The van der Waals surface area contributed by atoms with Gasteiger partial charge in [-0.1, -0.05) is 65.2 Å². The largest absolute Gasteiger partial charge is 0.467 e. The Morgan fingerprint density at radius 3 is 2.08 bits per heavy atom. The summed E-state index contributed by atoms with van der Waals surface area (Å²) in [6.45, 7) is 6.01. The Labute approximate surface area is 227 Å². The third-order valence-electron chi connectivity index (χ3n) is 6.46. The van der Waals surface area contributed by atoms with Gasteiger partial charge in [-0.3, -0.25) is 19.5 Å². The highest BCUT2D eigenvalue weighted by molar-refractivity contribution is 5.99. The van der Waals surface area contributed by atoms with Crippen molar-refractivity contribution < 1.29 is 14.0 Å². The molecular formula is C32H30N4O3. The van der Waals surface area contributed by atoms with Crippen LogP contribution in [-0.4, -0.2) is 32.8 Å². The van der Waals surface area contributed by atoms with E-state index in [-0.39, 0.29) is 24.9 Å². The summed E-state index contributed by atoms with van der Waals surface area (Å²) in [6.07, 6.45) is 3.46. The van der Waals surface area contributed by atoms with Crippen LogP contribution in [0.15, 0.2) is 102 Å². The Hall–Kier alpha value is -4.91. The van der Waals surface area contributed by atoms with E-state index >= 15 is 0 Å². The molecule has 0 unspecified atom stereocenters. The van der Waals surface area contributed by atoms with Crippen molar-refractivity contribution in [2.24, 2.45) is 0 Å². The number of benzene rings is 3. The Morgan fingerprint density at radius 1 is 0.846 bits per heavy atom. The second-order valence-corrected chi connectivity index (χ2v) is 9.68. The molecule has 0 aliphatic heterocycles. The molecule has 196 valence electrons. The first-order valence-electron chi connectivity index (χ1n) is 12.8. The minimum atomic E-state index is -0.364. The van der Waals surface area contributed by atoms with Crippen molar-refractivity contribution in [3.8, 4) is 16.9 Å². The van der Waals surface area contributed by atoms with Crippen LogP contribution < -0.4 is 5.32 Å². The predicted molar refractivity (Wildman–Crippen MR) is 152 cm³/mol. The molecule has 5 rings (SSSR count). The summed E-state index contributed by atoms with van der Waals surface area (Å²) in [5.74, 6) is 0.339. The summed E-state index contributed by atoms with van der Waals surface area (Å²) in [5.41, 5.74) is 6.37. The first kappa shape index (κ1) is 25.7. The maximum atomic E-state index is 13.4. The van der Waals surface area contributed by atoms with Crippen molar-refractivity contribution in [3.63, 3.8) is 0 Å². The van der Waals surface area contributed by atoms with Gasteiger partial charge in [-0.25, -0.2) is 4.98 Å². The highest BCUT2D eigenvalue weighted by Gasteiger charge is 2.22. The van der Waals surface area contributed by atoms with Gasteiger partial charge in [-0.2, -0.15) is 0 Å². The van der Waals surface area contributed by atoms with E-state index in [1.807, 2.05) is 92.2 Å². The number of hydrogen-bond donors (Lipinski definition) is 1. The molecule has 0 aliphatic carbocycles. The standard InChI is InChI=1S/C32H30N4O3/c1-22-6-12-25(13-7-22)29-20-36(27-16-10-24(3)11-17-27)32(33-29)34-30(37)21-35(19-28-5-4-18-39-28)31(38)26-14-8-23(2)9-15-26/h4-18,20H,19,21H2,1-3H3,(H,33,34,37). The third kappa shape index (κ3) is 6.15. The molecule has 0 saturated carbocycles. The second kappa shape index (κ2) is 11.2. The molecular weight excluding hydrogens is 488 g/mol. The minimum absolute atomic E-state index is 0.161. The number of nitrogens with zero attached hydrogens (tertiary/aromatic N) is 3. The number of anilines is 1. The molecule has 7 nitrogen and oxygen atoms in total. The highest BCUT2D eigenvalue weighted by atomic mass is 16.3. The molecule has 7 heteroatoms. The van der Waals surface area contributed by atoms with E-state index in [9.17, 15) is 9.59 Å². The maximum absolute atomic E-state index is 13.4. The average molecular weight is 519 g/mol. The predicted octanol–water partition coefficient (Wildman–Crippen LogP) is 6.34. The van der Waals surface area contributed by atoms with E-state index < -0.39 is 0 Å². The molecule has 5 aromatic rings. The van der Waals surface area contributed by atoms with Crippen molar-refractivity contribution in [2.75, 3.05) is 11.9 Å². The van der Waals surface area contributed by atoms with Gasteiger partial charge < -0.3 is 9.32 Å². The number of nitrogens with one attached hydrogen (secondary N) is 1.